The van der Waals surface area contributed by atoms with Crippen molar-refractivity contribution < 1.29 is 19.1 Å². The lowest BCUT2D eigenvalue weighted by molar-refractivity contribution is -0.167. The number of rotatable bonds is 9. The second kappa shape index (κ2) is 12.9. The minimum absolute atomic E-state index is 0.0986. The number of nitrogens with one attached hydrogen (secondary N) is 1. The number of benzene rings is 2. The SMILES string of the molecule is CCC[C@H](C(=O)NCCN1CCOCC1)N1C(=O)CO[C@H](c2ccc(Cl)cc2)[C@@H]1c1ccc(Cl)cc1. The topological polar surface area (TPSA) is 71.1 Å². The van der Waals surface area contributed by atoms with Crippen LogP contribution < -0.4 is 5.32 Å². The standard InChI is InChI=1S/C27H33Cl2N3O4/c1-2-3-23(27(34)30-12-13-31-14-16-35-17-15-31)32-24(33)18-36-26(20-6-10-22(29)11-7-20)25(32)19-4-8-21(28)9-5-19/h4-11,23,25-26H,2-3,12-18H2,1H3,(H,30,34)/t23-,25+,26-/m1/s1. The zero-order chi connectivity index (χ0) is 25.5. The van der Waals surface area contributed by atoms with Crippen LogP contribution in [0.2, 0.25) is 10.0 Å². The van der Waals surface area contributed by atoms with Gasteiger partial charge >= 0.3 is 0 Å². The third-order valence-electron chi connectivity index (χ3n) is 6.70. The molecule has 36 heavy (non-hydrogen) atoms. The summed E-state index contributed by atoms with van der Waals surface area (Å²) >= 11 is 12.3. The first-order valence-electron chi connectivity index (χ1n) is 12.5. The lowest BCUT2D eigenvalue weighted by Crippen LogP contribution is -2.56. The minimum atomic E-state index is -0.619. The van der Waals surface area contributed by atoms with E-state index in [9.17, 15) is 9.59 Å². The van der Waals surface area contributed by atoms with E-state index < -0.39 is 18.2 Å². The zero-order valence-electron chi connectivity index (χ0n) is 20.5. The van der Waals surface area contributed by atoms with Gasteiger partial charge in [0.25, 0.3) is 0 Å². The molecule has 0 saturated carbocycles. The fourth-order valence-corrected chi connectivity index (χ4v) is 5.12. The number of ether oxygens (including phenoxy) is 2. The fourth-order valence-electron chi connectivity index (χ4n) is 4.87. The minimum Gasteiger partial charge on any atom is -0.379 e. The van der Waals surface area contributed by atoms with Crippen LogP contribution in [0.4, 0.5) is 0 Å². The smallest absolute Gasteiger partial charge is 0.249 e. The van der Waals surface area contributed by atoms with E-state index in [2.05, 4.69) is 10.2 Å². The summed E-state index contributed by atoms with van der Waals surface area (Å²) in [6.07, 6.45) is 0.846. The Morgan fingerprint density at radius 3 is 2.25 bits per heavy atom. The zero-order valence-corrected chi connectivity index (χ0v) is 22.0. The summed E-state index contributed by atoms with van der Waals surface area (Å²) in [6, 6.07) is 13.7. The van der Waals surface area contributed by atoms with Crippen LogP contribution in [0, 0.1) is 0 Å². The van der Waals surface area contributed by atoms with Crippen LogP contribution in [-0.2, 0) is 19.1 Å². The maximum absolute atomic E-state index is 13.5. The molecule has 0 aliphatic carbocycles. The quantitative estimate of drug-likeness (QED) is 0.521. The molecular formula is C27H33Cl2N3O4. The Hall–Kier alpha value is -2.16. The van der Waals surface area contributed by atoms with Gasteiger partial charge in [0.15, 0.2) is 0 Å². The number of amides is 2. The van der Waals surface area contributed by atoms with Gasteiger partial charge in [0.1, 0.15) is 18.8 Å². The van der Waals surface area contributed by atoms with E-state index >= 15 is 0 Å². The summed E-state index contributed by atoms with van der Waals surface area (Å²) in [5.41, 5.74) is 1.74. The molecule has 0 bridgehead atoms. The Kier molecular flexibility index (Phi) is 9.62. The molecule has 2 aliphatic heterocycles. The molecule has 2 aromatic carbocycles. The van der Waals surface area contributed by atoms with E-state index in [4.69, 9.17) is 32.7 Å². The van der Waals surface area contributed by atoms with Crippen molar-refractivity contribution in [2.45, 2.75) is 38.0 Å². The van der Waals surface area contributed by atoms with Crippen LogP contribution in [0.3, 0.4) is 0 Å². The molecule has 9 heteroatoms. The molecule has 7 nitrogen and oxygen atoms in total. The molecule has 1 N–H and O–H groups in total. The first-order valence-corrected chi connectivity index (χ1v) is 13.2. The number of morpholine rings is 2. The van der Waals surface area contributed by atoms with E-state index in [1.165, 1.54) is 0 Å². The Labute approximate surface area is 222 Å². The average molecular weight is 534 g/mol. The van der Waals surface area contributed by atoms with E-state index in [0.29, 0.717) is 36.2 Å². The summed E-state index contributed by atoms with van der Waals surface area (Å²) in [5, 5.41) is 4.30. The van der Waals surface area contributed by atoms with Gasteiger partial charge in [-0.2, -0.15) is 0 Å². The molecule has 0 spiro atoms. The molecule has 0 unspecified atom stereocenters. The van der Waals surface area contributed by atoms with Crippen molar-refractivity contribution in [3.05, 3.63) is 69.7 Å². The lowest BCUT2D eigenvalue weighted by Gasteiger charge is -2.45. The molecule has 2 heterocycles. The second-order valence-electron chi connectivity index (χ2n) is 9.13. The van der Waals surface area contributed by atoms with Crippen molar-refractivity contribution in [1.29, 1.82) is 0 Å². The van der Waals surface area contributed by atoms with Gasteiger partial charge < -0.3 is 19.7 Å². The Bertz CT molecular complexity index is 1010. The summed E-state index contributed by atoms with van der Waals surface area (Å²) in [7, 11) is 0. The molecule has 0 radical (unpaired) electrons. The fraction of sp³-hybridized carbons (Fsp3) is 0.481. The number of carbonyl (C=O) groups excluding carboxylic acids is 2. The first-order chi connectivity index (χ1) is 17.5. The predicted molar refractivity (Wildman–Crippen MR) is 140 cm³/mol. The Morgan fingerprint density at radius 1 is 1.03 bits per heavy atom. The second-order valence-corrected chi connectivity index (χ2v) is 10.0. The van der Waals surface area contributed by atoms with E-state index in [-0.39, 0.29) is 18.4 Å². The number of hydrogen-bond acceptors (Lipinski definition) is 5. The van der Waals surface area contributed by atoms with Crippen LogP contribution in [0.1, 0.15) is 43.0 Å². The lowest BCUT2D eigenvalue weighted by atomic mass is 9.90. The van der Waals surface area contributed by atoms with Crippen LogP contribution in [0.15, 0.2) is 48.5 Å². The molecule has 3 atom stereocenters. The van der Waals surface area contributed by atoms with Gasteiger partial charge in [-0.25, -0.2) is 0 Å². The van der Waals surface area contributed by atoms with Crippen molar-refractivity contribution in [3.8, 4) is 0 Å². The third-order valence-corrected chi connectivity index (χ3v) is 7.21. The number of hydrogen-bond donors (Lipinski definition) is 1. The predicted octanol–water partition coefficient (Wildman–Crippen LogP) is 4.25. The highest BCUT2D eigenvalue weighted by Crippen LogP contribution is 2.42. The molecule has 2 aliphatic rings. The third kappa shape index (κ3) is 6.58. The Balaban J connectivity index is 1.61. The maximum Gasteiger partial charge on any atom is 0.249 e. The largest absolute Gasteiger partial charge is 0.379 e. The van der Waals surface area contributed by atoms with Crippen LogP contribution in [0.5, 0.6) is 0 Å². The van der Waals surface area contributed by atoms with Gasteiger partial charge in [0, 0.05) is 36.2 Å². The molecular weight excluding hydrogens is 501 g/mol. The van der Waals surface area contributed by atoms with Gasteiger partial charge in [-0.05, 0) is 41.8 Å². The van der Waals surface area contributed by atoms with E-state index in [1.54, 1.807) is 17.0 Å². The van der Waals surface area contributed by atoms with Crippen molar-refractivity contribution >= 4 is 35.0 Å². The molecule has 0 aromatic heterocycles. The van der Waals surface area contributed by atoms with Crippen molar-refractivity contribution in [2.24, 2.45) is 0 Å². The molecule has 2 fully saturated rings. The maximum atomic E-state index is 13.5. The number of carbonyl (C=O) groups is 2. The van der Waals surface area contributed by atoms with Crippen LogP contribution >= 0.6 is 23.2 Å². The molecule has 4 rings (SSSR count). The van der Waals surface area contributed by atoms with Gasteiger partial charge in [0.05, 0.1) is 19.3 Å². The van der Waals surface area contributed by atoms with E-state index in [1.807, 2.05) is 43.3 Å². The van der Waals surface area contributed by atoms with Gasteiger partial charge in [-0.3, -0.25) is 14.5 Å². The first kappa shape index (κ1) is 26.9. The highest BCUT2D eigenvalue weighted by molar-refractivity contribution is 6.30. The molecule has 2 aromatic rings. The van der Waals surface area contributed by atoms with Crippen molar-refractivity contribution in [1.82, 2.24) is 15.1 Å². The van der Waals surface area contributed by atoms with Crippen molar-refractivity contribution in [2.75, 3.05) is 46.0 Å². The molecule has 2 saturated heterocycles. The van der Waals surface area contributed by atoms with Crippen LogP contribution in [0.25, 0.3) is 0 Å². The van der Waals surface area contributed by atoms with Crippen molar-refractivity contribution in [3.63, 3.8) is 0 Å². The average Bonchev–Trinajstić information content (AvgIpc) is 2.89. The van der Waals surface area contributed by atoms with Gasteiger partial charge in [-0.1, -0.05) is 60.8 Å². The van der Waals surface area contributed by atoms with Gasteiger partial charge in [-0.15, -0.1) is 0 Å². The summed E-state index contributed by atoms with van der Waals surface area (Å²) in [4.78, 5) is 30.9. The van der Waals surface area contributed by atoms with Gasteiger partial charge in [0.2, 0.25) is 11.8 Å². The summed E-state index contributed by atoms with van der Waals surface area (Å²) in [6.45, 7) is 6.33. The monoisotopic (exact) mass is 533 g/mol. The summed E-state index contributed by atoms with van der Waals surface area (Å²) in [5.74, 6) is -0.351. The summed E-state index contributed by atoms with van der Waals surface area (Å²) < 4.78 is 11.5. The highest BCUT2D eigenvalue weighted by atomic mass is 35.5. The van der Waals surface area contributed by atoms with E-state index in [0.717, 1.165) is 37.2 Å². The number of nitrogens with zero attached hydrogens (tertiary/aromatic N) is 2. The normalized spacial score (nSPS) is 21.9. The Morgan fingerprint density at radius 2 is 1.64 bits per heavy atom. The van der Waals surface area contributed by atoms with Crippen LogP contribution in [-0.4, -0.2) is 73.7 Å². The highest BCUT2D eigenvalue weighted by Gasteiger charge is 2.44. The molecule has 194 valence electrons. The number of halogens is 2. The molecule has 2 amide bonds.